The van der Waals surface area contributed by atoms with Crippen molar-refractivity contribution in [1.82, 2.24) is 9.80 Å². The van der Waals surface area contributed by atoms with Crippen LogP contribution in [-0.4, -0.2) is 59.2 Å². The number of fused-ring (bicyclic) bond motifs is 2. The molecular weight excluding hydrogens is 494 g/mol. The SMILES string of the molecule is O=C(C1CCC1)N1CCO[C@](CCN2CCC3(CC2)c2ccccc2CS3=O)(c2ccc(F)c(F)c2)C1. The van der Waals surface area contributed by atoms with Gasteiger partial charge in [-0.3, -0.25) is 9.00 Å². The quantitative estimate of drug-likeness (QED) is 0.575. The van der Waals surface area contributed by atoms with Gasteiger partial charge in [0.05, 0.1) is 17.9 Å². The lowest BCUT2D eigenvalue weighted by Gasteiger charge is -2.46. The molecule has 1 aliphatic carbocycles. The molecule has 1 unspecified atom stereocenters. The van der Waals surface area contributed by atoms with Crippen molar-refractivity contribution in [1.29, 1.82) is 0 Å². The van der Waals surface area contributed by atoms with Gasteiger partial charge in [0.15, 0.2) is 11.6 Å². The van der Waals surface area contributed by atoms with E-state index in [2.05, 4.69) is 17.0 Å². The molecule has 4 aliphatic rings. The third-order valence-electron chi connectivity index (χ3n) is 9.12. The first kappa shape index (κ1) is 25.1. The smallest absolute Gasteiger partial charge is 0.225 e. The Bertz CT molecular complexity index is 1210. The number of carbonyl (C=O) groups is 1. The normalized spacial score (nSPS) is 27.7. The molecule has 0 N–H and O–H groups in total. The first-order valence-electron chi connectivity index (χ1n) is 13.5. The predicted octanol–water partition coefficient (Wildman–Crippen LogP) is 4.46. The average Bonchev–Trinajstić information content (AvgIpc) is 3.15. The van der Waals surface area contributed by atoms with E-state index >= 15 is 0 Å². The maximum absolute atomic E-state index is 14.3. The van der Waals surface area contributed by atoms with E-state index in [0.717, 1.165) is 51.3 Å². The molecule has 0 bridgehead atoms. The van der Waals surface area contributed by atoms with Crippen LogP contribution in [0, 0.1) is 17.6 Å². The van der Waals surface area contributed by atoms with E-state index in [4.69, 9.17) is 4.74 Å². The number of ether oxygens (including phenoxy) is 1. The summed E-state index contributed by atoms with van der Waals surface area (Å²) < 4.78 is 47.4. The van der Waals surface area contributed by atoms with Gasteiger partial charge in [0.25, 0.3) is 0 Å². The van der Waals surface area contributed by atoms with Crippen LogP contribution in [0.2, 0.25) is 0 Å². The highest BCUT2D eigenvalue weighted by Crippen LogP contribution is 2.47. The summed E-state index contributed by atoms with van der Waals surface area (Å²) in [5.41, 5.74) is 2.15. The molecule has 2 aromatic carbocycles. The first-order chi connectivity index (χ1) is 17.9. The number of carbonyl (C=O) groups excluding carboxylic acids is 1. The monoisotopic (exact) mass is 528 g/mol. The Labute approximate surface area is 219 Å². The average molecular weight is 529 g/mol. The van der Waals surface area contributed by atoms with E-state index in [1.54, 1.807) is 6.07 Å². The van der Waals surface area contributed by atoms with Crippen molar-refractivity contribution in [2.24, 2.45) is 5.92 Å². The van der Waals surface area contributed by atoms with Crippen LogP contribution in [0.3, 0.4) is 0 Å². The number of amides is 1. The zero-order chi connectivity index (χ0) is 25.6. The van der Waals surface area contributed by atoms with Crippen LogP contribution in [0.5, 0.6) is 0 Å². The number of halogens is 2. The number of likely N-dealkylation sites (tertiary alicyclic amines) is 1. The van der Waals surface area contributed by atoms with Crippen LogP contribution in [0.4, 0.5) is 8.78 Å². The fourth-order valence-electron chi connectivity index (χ4n) is 6.60. The van der Waals surface area contributed by atoms with Gasteiger partial charge in [0.1, 0.15) is 5.60 Å². The zero-order valence-electron chi connectivity index (χ0n) is 21.1. The molecule has 3 fully saturated rings. The predicted molar refractivity (Wildman–Crippen MR) is 138 cm³/mol. The van der Waals surface area contributed by atoms with Gasteiger partial charge < -0.3 is 14.5 Å². The number of morpholine rings is 1. The summed E-state index contributed by atoms with van der Waals surface area (Å²) in [5.74, 6) is -0.916. The Kier molecular flexibility index (Phi) is 6.70. The second-order valence-electron chi connectivity index (χ2n) is 11.1. The minimum Gasteiger partial charge on any atom is -0.367 e. The highest BCUT2D eigenvalue weighted by molar-refractivity contribution is 7.85. The Morgan fingerprint density at radius 2 is 1.84 bits per heavy atom. The van der Waals surface area contributed by atoms with Gasteiger partial charge in [0.2, 0.25) is 5.91 Å². The van der Waals surface area contributed by atoms with Crippen molar-refractivity contribution in [2.45, 2.75) is 54.6 Å². The summed E-state index contributed by atoms with van der Waals surface area (Å²) in [7, 11) is -0.913. The number of nitrogens with zero attached hydrogens (tertiary/aromatic N) is 2. The summed E-state index contributed by atoms with van der Waals surface area (Å²) in [6.07, 6.45) is 5.17. The van der Waals surface area contributed by atoms with Crippen molar-refractivity contribution in [2.75, 3.05) is 39.3 Å². The Balaban J connectivity index is 1.19. The molecule has 1 saturated carbocycles. The van der Waals surface area contributed by atoms with E-state index in [0.29, 0.717) is 44.0 Å². The van der Waals surface area contributed by atoms with Gasteiger partial charge in [-0.15, -0.1) is 0 Å². The summed E-state index contributed by atoms with van der Waals surface area (Å²) >= 11 is 0. The van der Waals surface area contributed by atoms with Gasteiger partial charge in [-0.25, -0.2) is 8.78 Å². The van der Waals surface area contributed by atoms with Crippen LogP contribution in [-0.2, 0) is 36.4 Å². The molecule has 3 heterocycles. The molecule has 37 heavy (non-hydrogen) atoms. The van der Waals surface area contributed by atoms with Crippen molar-refractivity contribution in [3.63, 3.8) is 0 Å². The molecule has 3 aliphatic heterocycles. The number of benzene rings is 2. The molecule has 2 saturated heterocycles. The van der Waals surface area contributed by atoms with Crippen LogP contribution < -0.4 is 0 Å². The number of rotatable bonds is 5. The molecule has 1 spiro atoms. The van der Waals surface area contributed by atoms with Crippen LogP contribution in [0.15, 0.2) is 42.5 Å². The highest BCUT2D eigenvalue weighted by atomic mass is 32.2. The minimum absolute atomic E-state index is 0.0780. The summed E-state index contributed by atoms with van der Waals surface area (Å²) in [4.78, 5) is 17.3. The molecule has 0 radical (unpaired) electrons. The van der Waals surface area contributed by atoms with Crippen molar-refractivity contribution in [3.8, 4) is 0 Å². The largest absolute Gasteiger partial charge is 0.367 e. The summed E-state index contributed by atoms with van der Waals surface area (Å²) in [5, 5.41) is 0. The maximum atomic E-state index is 14.3. The minimum atomic E-state index is -0.913. The fourth-order valence-corrected chi connectivity index (χ4v) is 8.49. The van der Waals surface area contributed by atoms with E-state index in [9.17, 15) is 17.8 Å². The van der Waals surface area contributed by atoms with Gasteiger partial charge in [-0.1, -0.05) is 36.8 Å². The third kappa shape index (κ3) is 4.45. The van der Waals surface area contributed by atoms with Crippen molar-refractivity contribution < 1.29 is 22.5 Å². The zero-order valence-corrected chi connectivity index (χ0v) is 21.9. The molecule has 0 aromatic heterocycles. The number of hydrogen-bond donors (Lipinski definition) is 0. The Hall–Kier alpha value is -2.16. The molecule has 5 nitrogen and oxygen atoms in total. The van der Waals surface area contributed by atoms with E-state index < -0.39 is 28.0 Å². The number of piperidine rings is 1. The van der Waals surface area contributed by atoms with Crippen LogP contribution >= 0.6 is 0 Å². The Morgan fingerprint density at radius 1 is 1.05 bits per heavy atom. The third-order valence-corrected chi connectivity index (χ3v) is 11.2. The van der Waals surface area contributed by atoms with E-state index in [1.165, 1.54) is 17.2 Å². The summed E-state index contributed by atoms with van der Waals surface area (Å²) in [6, 6.07) is 12.3. The molecular formula is C29H34F2N2O3S. The van der Waals surface area contributed by atoms with E-state index in [1.807, 2.05) is 17.0 Å². The second-order valence-corrected chi connectivity index (χ2v) is 12.9. The molecule has 8 heteroatoms. The van der Waals surface area contributed by atoms with Crippen molar-refractivity contribution in [3.05, 3.63) is 70.8 Å². The Morgan fingerprint density at radius 3 is 2.57 bits per heavy atom. The standard InChI is InChI=1S/C29H34F2N2O3S/c30-25-9-8-23(18-26(25)31)28(20-33(16-17-36-28)27(34)21-5-3-6-21)10-13-32-14-11-29(12-15-32)24-7-2-1-4-22(24)19-37(29)35/h1-2,4,7-9,18,21H,3,5-6,10-17,19-20H2/t28-,37?/m0/s1. The van der Waals surface area contributed by atoms with E-state index in [-0.39, 0.29) is 16.6 Å². The maximum Gasteiger partial charge on any atom is 0.225 e. The first-order valence-corrected chi connectivity index (χ1v) is 14.8. The lowest BCUT2D eigenvalue weighted by atomic mass is 9.82. The lowest BCUT2D eigenvalue weighted by Crippen LogP contribution is -2.55. The molecule has 6 rings (SSSR count). The number of hydrogen-bond acceptors (Lipinski definition) is 4. The van der Waals surface area contributed by atoms with Gasteiger partial charge in [-0.2, -0.15) is 0 Å². The fraction of sp³-hybridized carbons (Fsp3) is 0.552. The molecule has 198 valence electrons. The van der Waals surface area contributed by atoms with Gasteiger partial charge in [-0.05, 0) is 74.0 Å². The second kappa shape index (κ2) is 9.86. The highest BCUT2D eigenvalue weighted by Gasteiger charge is 2.48. The topological polar surface area (TPSA) is 49.9 Å². The molecule has 2 aromatic rings. The molecule has 1 amide bonds. The van der Waals surface area contributed by atoms with Gasteiger partial charge >= 0.3 is 0 Å². The lowest BCUT2D eigenvalue weighted by molar-refractivity contribution is -0.161. The van der Waals surface area contributed by atoms with Crippen LogP contribution in [0.25, 0.3) is 0 Å². The summed E-state index contributed by atoms with van der Waals surface area (Å²) in [6.45, 7) is 3.59. The van der Waals surface area contributed by atoms with Gasteiger partial charge in [0, 0.05) is 35.6 Å². The molecule has 2 atom stereocenters. The van der Waals surface area contributed by atoms with Crippen molar-refractivity contribution >= 4 is 16.7 Å². The van der Waals surface area contributed by atoms with Crippen LogP contribution in [0.1, 0.15) is 55.2 Å².